The molecule has 0 aliphatic carbocycles. The lowest BCUT2D eigenvalue weighted by Crippen LogP contribution is -2.59. The van der Waals surface area contributed by atoms with Crippen LogP contribution in [0, 0.1) is 18.8 Å². The van der Waals surface area contributed by atoms with Crippen molar-refractivity contribution in [2.45, 2.75) is 36.8 Å². The minimum absolute atomic E-state index is 0.0496. The Morgan fingerprint density at radius 2 is 1.36 bits per heavy atom. The van der Waals surface area contributed by atoms with Gasteiger partial charge in [-0.05, 0) is 97.3 Å². The average Bonchev–Trinajstić information content (AvgIpc) is 3.57. The number of fused-ring (bicyclic) bond motifs is 1. The minimum atomic E-state index is -1.42. The molecule has 8 rings (SSSR count). The van der Waals surface area contributed by atoms with Crippen molar-refractivity contribution in [3.05, 3.63) is 179 Å². The van der Waals surface area contributed by atoms with E-state index in [2.05, 4.69) is 4.98 Å². The van der Waals surface area contributed by atoms with Gasteiger partial charge in [0.15, 0.2) is 11.6 Å². The molecule has 3 aromatic heterocycles. The number of benzene rings is 3. The summed E-state index contributed by atoms with van der Waals surface area (Å²) in [7, 11) is 3.16. The first-order valence-corrected chi connectivity index (χ1v) is 18.5. The Balaban J connectivity index is 1.46. The SMILES string of the molecule is COc1ccc([C@@H]2[C@@H](c3ccccn3)N3C(=O)[C@H](C(=O)c4cc(C)ccc4O)[C@@H](c4ccc(OC)cc4)C[C@]3(c3ccccn3)[C@H]2C(=O)c2ccccn2)cc1. The molecule has 6 aromatic rings. The fourth-order valence-corrected chi connectivity index (χ4v) is 8.97. The van der Waals surface area contributed by atoms with Crippen LogP contribution in [0.1, 0.15) is 73.2 Å². The Bertz CT molecular complexity index is 2380. The number of carbonyl (C=O) groups is 3. The van der Waals surface area contributed by atoms with Gasteiger partial charge in [0.05, 0.1) is 48.7 Å². The maximum atomic E-state index is 16.1. The van der Waals surface area contributed by atoms with E-state index in [1.165, 1.54) is 6.07 Å². The lowest BCUT2D eigenvalue weighted by Gasteiger charge is -2.51. The first kappa shape index (κ1) is 36.3. The van der Waals surface area contributed by atoms with Crippen LogP contribution in [0.2, 0.25) is 0 Å². The molecule has 5 heterocycles. The van der Waals surface area contributed by atoms with Crippen molar-refractivity contribution in [3.63, 3.8) is 0 Å². The van der Waals surface area contributed by atoms with E-state index < -0.39 is 46.9 Å². The van der Waals surface area contributed by atoms with Crippen LogP contribution in [0.25, 0.3) is 0 Å². The van der Waals surface area contributed by atoms with E-state index >= 15 is 14.4 Å². The number of aromatic nitrogens is 3. The topological polar surface area (TPSA) is 132 Å². The van der Waals surface area contributed by atoms with Gasteiger partial charge in [-0.3, -0.25) is 29.3 Å². The summed E-state index contributed by atoms with van der Waals surface area (Å²) >= 11 is 0. The first-order chi connectivity index (χ1) is 27.3. The molecule has 10 nitrogen and oxygen atoms in total. The zero-order valence-electron chi connectivity index (χ0n) is 31.2. The number of aromatic hydroxyl groups is 1. The van der Waals surface area contributed by atoms with Crippen LogP contribution in [0.5, 0.6) is 17.2 Å². The smallest absolute Gasteiger partial charge is 0.235 e. The fraction of sp³-hybridized carbons (Fsp3) is 0.217. The Morgan fingerprint density at radius 3 is 1.95 bits per heavy atom. The highest BCUT2D eigenvalue weighted by molar-refractivity contribution is 6.13. The summed E-state index contributed by atoms with van der Waals surface area (Å²) in [5.74, 6) is -3.98. The predicted octanol–water partition coefficient (Wildman–Crippen LogP) is 7.65. The number of hydrogen-bond donors (Lipinski definition) is 1. The molecule has 56 heavy (non-hydrogen) atoms. The minimum Gasteiger partial charge on any atom is -0.507 e. The van der Waals surface area contributed by atoms with Crippen molar-refractivity contribution in [1.29, 1.82) is 0 Å². The van der Waals surface area contributed by atoms with Gasteiger partial charge in [-0.2, -0.15) is 0 Å². The number of ketones is 2. The van der Waals surface area contributed by atoms with Crippen molar-refractivity contribution in [1.82, 2.24) is 19.9 Å². The van der Waals surface area contributed by atoms with Crippen molar-refractivity contribution < 1.29 is 29.0 Å². The van der Waals surface area contributed by atoms with Gasteiger partial charge >= 0.3 is 0 Å². The van der Waals surface area contributed by atoms with Crippen molar-refractivity contribution >= 4 is 17.5 Å². The number of aryl methyl sites for hydroxylation is 1. The molecule has 2 aliphatic rings. The van der Waals surface area contributed by atoms with Crippen molar-refractivity contribution in [3.8, 4) is 17.2 Å². The van der Waals surface area contributed by atoms with E-state index in [4.69, 9.17) is 19.4 Å². The number of amides is 1. The molecular weight excluding hydrogens is 705 g/mol. The van der Waals surface area contributed by atoms with Crippen molar-refractivity contribution in [2.24, 2.45) is 11.8 Å². The van der Waals surface area contributed by atoms with Crippen LogP contribution >= 0.6 is 0 Å². The molecule has 2 aliphatic heterocycles. The van der Waals surface area contributed by atoms with Gasteiger partial charge in [0, 0.05) is 30.4 Å². The summed E-state index contributed by atoms with van der Waals surface area (Å²) in [6, 6.07) is 35.0. The zero-order chi connectivity index (χ0) is 39.0. The van der Waals surface area contributed by atoms with Crippen LogP contribution in [0.4, 0.5) is 0 Å². The standard InChI is InChI=1S/C46H40N4O6/c1-28-13-22-37(51)33(26-28)43(52)40-34(29-14-18-31(55-2)19-15-29)27-46(38-12-6-9-25-49-38)41(44(53)36-11-5-8-24-48-36)39(30-16-20-32(56-3)21-17-30)42(50(46)45(40)54)35-10-4-7-23-47-35/h4-26,34,39-42,51H,27H2,1-3H3/t34-,39+,40+,41-,42-,46+/m1/s1. The third-order valence-electron chi connectivity index (χ3n) is 11.4. The number of ether oxygens (including phenoxy) is 2. The zero-order valence-corrected chi connectivity index (χ0v) is 31.2. The van der Waals surface area contributed by atoms with Crippen LogP contribution in [-0.4, -0.2) is 56.7 Å². The van der Waals surface area contributed by atoms with E-state index in [0.717, 1.165) is 11.1 Å². The molecule has 3 aromatic carbocycles. The molecule has 0 spiro atoms. The van der Waals surface area contributed by atoms with E-state index in [1.54, 1.807) is 92.3 Å². The van der Waals surface area contributed by atoms with Crippen LogP contribution in [0.3, 0.4) is 0 Å². The second-order valence-corrected chi connectivity index (χ2v) is 14.3. The highest BCUT2D eigenvalue weighted by atomic mass is 16.5. The largest absolute Gasteiger partial charge is 0.507 e. The summed E-state index contributed by atoms with van der Waals surface area (Å²) in [5, 5.41) is 11.1. The third kappa shape index (κ3) is 6.07. The van der Waals surface area contributed by atoms with Gasteiger partial charge in [0.2, 0.25) is 5.91 Å². The molecular formula is C46H40N4O6. The Kier molecular flexibility index (Phi) is 9.64. The van der Waals surface area contributed by atoms with Gasteiger partial charge in [-0.1, -0.05) is 54.1 Å². The summed E-state index contributed by atoms with van der Waals surface area (Å²) < 4.78 is 11.0. The monoisotopic (exact) mass is 744 g/mol. The molecule has 0 radical (unpaired) electrons. The summed E-state index contributed by atoms with van der Waals surface area (Å²) in [6.07, 6.45) is 5.04. The second-order valence-electron chi connectivity index (χ2n) is 14.3. The van der Waals surface area contributed by atoms with E-state index in [1.807, 2.05) is 67.6 Å². The number of piperidine rings is 1. The molecule has 280 valence electrons. The van der Waals surface area contributed by atoms with Gasteiger partial charge in [0.25, 0.3) is 0 Å². The fourth-order valence-electron chi connectivity index (χ4n) is 8.97. The lowest BCUT2D eigenvalue weighted by molar-refractivity contribution is -0.149. The maximum absolute atomic E-state index is 16.1. The molecule has 2 saturated heterocycles. The summed E-state index contributed by atoms with van der Waals surface area (Å²) in [4.78, 5) is 62.7. The molecule has 0 saturated carbocycles. The molecule has 1 N–H and O–H groups in total. The van der Waals surface area contributed by atoms with E-state index in [0.29, 0.717) is 28.5 Å². The number of phenolic OH excluding ortho intramolecular Hbond substituents is 1. The highest BCUT2D eigenvalue weighted by Crippen LogP contribution is 2.65. The normalized spacial score (nSPS) is 22.9. The van der Waals surface area contributed by atoms with Crippen LogP contribution in [-0.2, 0) is 10.3 Å². The summed E-state index contributed by atoms with van der Waals surface area (Å²) in [6.45, 7) is 1.83. The number of hydrogen-bond acceptors (Lipinski definition) is 9. The maximum Gasteiger partial charge on any atom is 0.235 e. The lowest BCUT2D eigenvalue weighted by atomic mass is 9.62. The molecule has 1 amide bonds. The first-order valence-electron chi connectivity index (χ1n) is 18.5. The second kappa shape index (κ2) is 14.9. The molecule has 0 unspecified atom stereocenters. The van der Waals surface area contributed by atoms with E-state index in [9.17, 15) is 5.11 Å². The number of Topliss-reactive ketones (excluding diaryl/α,β-unsaturated/α-hetero) is 2. The number of pyridine rings is 3. The number of carbonyl (C=O) groups excluding carboxylic acids is 3. The quantitative estimate of drug-likeness (QED) is 0.111. The number of nitrogens with zero attached hydrogens (tertiary/aromatic N) is 4. The predicted molar refractivity (Wildman–Crippen MR) is 209 cm³/mol. The number of methoxy groups -OCH3 is 2. The number of phenols is 1. The molecule has 0 bridgehead atoms. The van der Waals surface area contributed by atoms with E-state index in [-0.39, 0.29) is 29.2 Å². The molecule has 10 heteroatoms. The van der Waals surface area contributed by atoms with Crippen LogP contribution in [0.15, 0.2) is 140 Å². The van der Waals surface area contributed by atoms with Crippen molar-refractivity contribution in [2.75, 3.05) is 14.2 Å². The van der Waals surface area contributed by atoms with Crippen LogP contribution < -0.4 is 9.47 Å². The average molecular weight is 745 g/mol. The molecule has 2 fully saturated rings. The van der Waals surface area contributed by atoms with Gasteiger partial charge in [0.1, 0.15) is 28.9 Å². The third-order valence-corrected chi connectivity index (χ3v) is 11.4. The van der Waals surface area contributed by atoms with Gasteiger partial charge < -0.3 is 19.5 Å². The Labute approximate surface area is 324 Å². The summed E-state index contributed by atoms with van der Waals surface area (Å²) in [5.41, 5.74) is 2.15. The highest BCUT2D eigenvalue weighted by Gasteiger charge is 2.69. The van der Waals surface area contributed by atoms with Gasteiger partial charge in [-0.25, -0.2) is 0 Å². The Hall–Kier alpha value is -6.68. The Morgan fingerprint density at radius 1 is 0.732 bits per heavy atom. The molecule has 6 atom stereocenters. The van der Waals surface area contributed by atoms with Gasteiger partial charge in [-0.15, -0.1) is 0 Å². The number of rotatable bonds is 10.